The van der Waals surface area contributed by atoms with Gasteiger partial charge in [-0.25, -0.2) is 9.97 Å². The van der Waals surface area contributed by atoms with Gasteiger partial charge in [0, 0.05) is 13.0 Å². The van der Waals surface area contributed by atoms with Crippen molar-refractivity contribution in [2.24, 2.45) is 0 Å². The summed E-state index contributed by atoms with van der Waals surface area (Å²) in [5.74, 6) is 2.36. The highest BCUT2D eigenvalue weighted by molar-refractivity contribution is 5.72. The zero-order chi connectivity index (χ0) is 11.5. The summed E-state index contributed by atoms with van der Waals surface area (Å²) in [4.78, 5) is 12.3. The number of rotatable bonds is 4. The maximum absolute atomic E-state index is 4.53. The molecule has 1 unspecified atom stereocenters. The Bertz CT molecular complexity index is 475. The van der Waals surface area contributed by atoms with E-state index in [9.17, 15) is 0 Å². The lowest BCUT2D eigenvalue weighted by Gasteiger charge is -2.04. The van der Waals surface area contributed by atoms with Gasteiger partial charge in [0.2, 0.25) is 0 Å². The molecule has 2 heterocycles. The second kappa shape index (κ2) is 4.51. The minimum atomic E-state index is 0.470. The summed E-state index contributed by atoms with van der Waals surface area (Å²) in [6.07, 6.45) is 2.33. The molecular weight excluding hydrogens is 200 g/mol. The summed E-state index contributed by atoms with van der Waals surface area (Å²) < 4.78 is 0. The average Bonchev–Trinajstić information content (AvgIpc) is 2.71. The Morgan fingerprint density at radius 2 is 2.19 bits per heavy atom. The lowest BCUT2D eigenvalue weighted by atomic mass is 10.1. The molecule has 0 aliphatic carbocycles. The van der Waals surface area contributed by atoms with Crippen LogP contribution in [-0.2, 0) is 0 Å². The van der Waals surface area contributed by atoms with Crippen LogP contribution < -0.4 is 5.32 Å². The van der Waals surface area contributed by atoms with Gasteiger partial charge >= 0.3 is 0 Å². The molecule has 0 fully saturated rings. The van der Waals surface area contributed by atoms with E-state index in [0.29, 0.717) is 5.92 Å². The minimum Gasteiger partial charge on any atom is -0.373 e. The standard InChI is InChI=1S/C12H18N4/c1-4-5-8(2)11-14-9-6-7-10(13-3)15-12(9)16-11/h6-8H,4-5H2,1-3H3,(H2,13,14,15,16). The van der Waals surface area contributed by atoms with Crippen LogP contribution in [0.2, 0.25) is 0 Å². The second-order valence-electron chi connectivity index (χ2n) is 4.13. The van der Waals surface area contributed by atoms with Crippen LogP contribution in [0.25, 0.3) is 11.2 Å². The number of H-pyrrole nitrogens is 1. The number of nitrogens with one attached hydrogen (secondary N) is 2. The Balaban J connectivity index is 2.35. The monoisotopic (exact) mass is 218 g/mol. The summed E-state index contributed by atoms with van der Waals surface area (Å²) >= 11 is 0. The first-order chi connectivity index (χ1) is 7.74. The molecule has 2 aromatic heterocycles. The number of aromatic amines is 1. The Labute approximate surface area is 95.5 Å². The molecule has 0 saturated heterocycles. The van der Waals surface area contributed by atoms with E-state index in [0.717, 1.165) is 29.2 Å². The number of hydrogen-bond acceptors (Lipinski definition) is 3. The average molecular weight is 218 g/mol. The summed E-state index contributed by atoms with van der Waals surface area (Å²) in [7, 11) is 1.86. The van der Waals surface area contributed by atoms with Crippen LogP contribution in [0.5, 0.6) is 0 Å². The third-order valence-electron chi connectivity index (χ3n) is 2.81. The second-order valence-corrected chi connectivity index (χ2v) is 4.13. The zero-order valence-electron chi connectivity index (χ0n) is 10.0. The topological polar surface area (TPSA) is 53.6 Å². The smallest absolute Gasteiger partial charge is 0.179 e. The van der Waals surface area contributed by atoms with E-state index in [1.165, 1.54) is 6.42 Å². The van der Waals surface area contributed by atoms with Crippen LogP contribution in [0.4, 0.5) is 5.82 Å². The van der Waals surface area contributed by atoms with Crippen molar-refractivity contribution in [3.63, 3.8) is 0 Å². The van der Waals surface area contributed by atoms with Crippen molar-refractivity contribution < 1.29 is 0 Å². The van der Waals surface area contributed by atoms with Crippen LogP contribution in [0, 0.1) is 0 Å². The first-order valence-corrected chi connectivity index (χ1v) is 5.79. The number of fused-ring (bicyclic) bond motifs is 1. The lowest BCUT2D eigenvalue weighted by molar-refractivity contribution is 0.635. The van der Waals surface area contributed by atoms with E-state index >= 15 is 0 Å². The van der Waals surface area contributed by atoms with Gasteiger partial charge in [0.15, 0.2) is 5.65 Å². The Morgan fingerprint density at radius 1 is 1.38 bits per heavy atom. The van der Waals surface area contributed by atoms with Crippen molar-refractivity contribution in [3.05, 3.63) is 18.0 Å². The van der Waals surface area contributed by atoms with Gasteiger partial charge < -0.3 is 10.3 Å². The minimum absolute atomic E-state index is 0.470. The molecular formula is C12H18N4. The van der Waals surface area contributed by atoms with E-state index < -0.39 is 0 Å². The Kier molecular flexibility index (Phi) is 3.08. The zero-order valence-corrected chi connectivity index (χ0v) is 10.0. The summed E-state index contributed by atoms with van der Waals surface area (Å²) in [5.41, 5.74) is 1.81. The number of imidazole rings is 1. The molecule has 2 rings (SSSR count). The van der Waals surface area contributed by atoms with Crippen molar-refractivity contribution in [1.82, 2.24) is 15.0 Å². The quantitative estimate of drug-likeness (QED) is 0.829. The first-order valence-electron chi connectivity index (χ1n) is 5.79. The predicted octanol–water partition coefficient (Wildman–Crippen LogP) is 2.90. The fourth-order valence-corrected chi connectivity index (χ4v) is 1.85. The molecule has 0 aliphatic rings. The third-order valence-corrected chi connectivity index (χ3v) is 2.81. The molecule has 0 bridgehead atoms. The largest absolute Gasteiger partial charge is 0.373 e. The van der Waals surface area contributed by atoms with E-state index in [2.05, 4.69) is 34.1 Å². The molecule has 0 radical (unpaired) electrons. The van der Waals surface area contributed by atoms with E-state index in [1.54, 1.807) is 0 Å². The van der Waals surface area contributed by atoms with Gasteiger partial charge in [-0.3, -0.25) is 0 Å². The fourth-order valence-electron chi connectivity index (χ4n) is 1.85. The fraction of sp³-hybridized carbons (Fsp3) is 0.500. The highest BCUT2D eigenvalue weighted by Crippen LogP contribution is 2.21. The van der Waals surface area contributed by atoms with Crippen molar-refractivity contribution >= 4 is 17.0 Å². The van der Waals surface area contributed by atoms with Crippen molar-refractivity contribution in [2.75, 3.05) is 12.4 Å². The molecule has 4 nitrogen and oxygen atoms in total. The molecule has 0 saturated carbocycles. The maximum atomic E-state index is 4.53. The van der Waals surface area contributed by atoms with Crippen LogP contribution in [-0.4, -0.2) is 22.0 Å². The highest BCUT2D eigenvalue weighted by Gasteiger charge is 2.10. The highest BCUT2D eigenvalue weighted by atomic mass is 15.0. The number of hydrogen-bond donors (Lipinski definition) is 2. The number of nitrogens with zero attached hydrogens (tertiary/aromatic N) is 2. The van der Waals surface area contributed by atoms with Crippen LogP contribution in [0.3, 0.4) is 0 Å². The van der Waals surface area contributed by atoms with Gasteiger partial charge in [-0.1, -0.05) is 20.3 Å². The van der Waals surface area contributed by atoms with Crippen LogP contribution in [0.1, 0.15) is 38.4 Å². The molecule has 0 aliphatic heterocycles. The van der Waals surface area contributed by atoms with Gasteiger partial charge in [-0.2, -0.15) is 0 Å². The molecule has 2 aromatic rings. The van der Waals surface area contributed by atoms with Crippen LogP contribution >= 0.6 is 0 Å². The van der Waals surface area contributed by atoms with E-state index in [-0.39, 0.29) is 0 Å². The number of aromatic nitrogens is 3. The van der Waals surface area contributed by atoms with Gasteiger partial charge in [-0.05, 0) is 18.6 Å². The Morgan fingerprint density at radius 3 is 2.88 bits per heavy atom. The normalized spacial score (nSPS) is 12.9. The van der Waals surface area contributed by atoms with Gasteiger partial charge in [0.05, 0.1) is 5.52 Å². The van der Waals surface area contributed by atoms with Crippen LogP contribution in [0.15, 0.2) is 12.1 Å². The van der Waals surface area contributed by atoms with E-state index in [4.69, 9.17) is 0 Å². The van der Waals surface area contributed by atoms with Crippen molar-refractivity contribution in [1.29, 1.82) is 0 Å². The van der Waals surface area contributed by atoms with Crippen molar-refractivity contribution in [3.8, 4) is 0 Å². The molecule has 86 valence electrons. The summed E-state index contributed by atoms with van der Waals surface area (Å²) in [6, 6.07) is 3.97. The lowest BCUT2D eigenvalue weighted by Crippen LogP contribution is -1.95. The molecule has 4 heteroatoms. The molecule has 2 N–H and O–H groups in total. The molecule has 16 heavy (non-hydrogen) atoms. The predicted molar refractivity (Wildman–Crippen MR) is 66.8 cm³/mol. The third kappa shape index (κ3) is 2.01. The van der Waals surface area contributed by atoms with Gasteiger partial charge in [0.25, 0.3) is 0 Å². The molecule has 1 atom stereocenters. The SMILES string of the molecule is CCCC(C)c1nc2nc(NC)ccc2[nH]1. The molecule has 0 amide bonds. The van der Waals surface area contributed by atoms with Crippen molar-refractivity contribution in [2.45, 2.75) is 32.6 Å². The summed E-state index contributed by atoms with van der Waals surface area (Å²) in [6.45, 7) is 4.39. The molecule has 0 spiro atoms. The molecule has 0 aromatic carbocycles. The first kappa shape index (κ1) is 10.9. The van der Waals surface area contributed by atoms with Gasteiger partial charge in [-0.15, -0.1) is 0 Å². The van der Waals surface area contributed by atoms with E-state index in [1.807, 2.05) is 19.2 Å². The Hall–Kier alpha value is -1.58. The maximum Gasteiger partial charge on any atom is 0.179 e. The van der Waals surface area contributed by atoms with Gasteiger partial charge in [0.1, 0.15) is 11.6 Å². The summed E-state index contributed by atoms with van der Waals surface area (Å²) in [5, 5.41) is 3.02. The number of anilines is 1. The number of pyridine rings is 1.